The van der Waals surface area contributed by atoms with E-state index in [1.807, 2.05) is 32.2 Å². The molecule has 0 radical (unpaired) electrons. The van der Waals surface area contributed by atoms with Gasteiger partial charge in [0.05, 0.1) is 0 Å². The van der Waals surface area contributed by atoms with E-state index in [1.165, 1.54) is 0 Å². The van der Waals surface area contributed by atoms with Crippen molar-refractivity contribution < 1.29 is 4.42 Å². The van der Waals surface area contributed by atoms with Crippen LogP contribution in [0.25, 0.3) is 11.5 Å². The van der Waals surface area contributed by atoms with E-state index in [0.29, 0.717) is 0 Å². The molecule has 2 aromatic rings. The Morgan fingerprint density at radius 3 is 3.00 bits per heavy atom. The van der Waals surface area contributed by atoms with E-state index in [9.17, 15) is 0 Å². The summed E-state index contributed by atoms with van der Waals surface area (Å²) in [7, 11) is 1.90. The van der Waals surface area contributed by atoms with E-state index >= 15 is 0 Å². The molecular weight excluding hydrogens is 178 g/mol. The van der Waals surface area contributed by atoms with Crippen LogP contribution < -0.4 is 5.32 Å². The third-order valence-corrected chi connectivity index (χ3v) is 1.99. The minimum atomic E-state index is 0.784. The Bertz CT molecular complexity index is 416. The first kappa shape index (κ1) is 9.02. The number of nitrogens with one attached hydrogen (secondary N) is 2. The second-order valence-electron chi connectivity index (χ2n) is 3.22. The van der Waals surface area contributed by atoms with Gasteiger partial charge >= 0.3 is 0 Å². The number of aromatic nitrogens is 2. The Morgan fingerprint density at radius 1 is 1.50 bits per heavy atom. The fourth-order valence-corrected chi connectivity index (χ4v) is 1.34. The van der Waals surface area contributed by atoms with Crippen molar-refractivity contribution in [3.8, 4) is 11.5 Å². The van der Waals surface area contributed by atoms with Crippen molar-refractivity contribution in [1.29, 1.82) is 0 Å². The van der Waals surface area contributed by atoms with Crippen molar-refractivity contribution in [2.24, 2.45) is 0 Å². The van der Waals surface area contributed by atoms with Crippen molar-refractivity contribution in [3.63, 3.8) is 0 Å². The van der Waals surface area contributed by atoms with E-state index in [1.54, 1.807) is 0 Å². The lowest BCUT2D eigenvalue weighted by molar-refractivity contribution is 0.546. The lowest BCUT2D eigenvalue weighted by Crippen LogP contribution is -2.04. The van der Waals surface area contributed by atoms with Gasteiger partial charge < -0.3 is 9.73 Å². The van der Waals surface area contributed by atoms with Crippen LogP contribution in [0.2, 0.25) is 0 Å². The van der Waals surface area contributed by atoms with Crippen molar-refractivity contribution in [3.05, 3.63) is 29.7 Å². The largest absolute Gasteiger partial charge is 0.460 e. The maximum absolute atomic E-state index is 5.46. The number of aromatic amines is 1. The summed E-state index contributed by atoms with van der Waals surface area (Å²) in [5.74, 6) is 1.71. The van der Waals surface area contributed by atoms with Gasteiger partial charge in [0.25, 0.3) is 0 Å². The first-order valence-corrected chi connectivity index (χ1v) is 4.55. The molecule has 4 heteroatoms. The average Bonchev–Trinajstić information content (AvgIpc) is 2.74. The fraction of sp³-hybridized carbons (Fsp3) is 0.300. The van der Waals surface area contributed by atoms with E-state index < -0.39 is 0 Å². The Labute approximate surface area is 82.3 Å². The van der Waals surface area contributed by atoms with Gasteiger partial charge in [-0.05, 0) is 32.2 Å². The molecule has 0 bridgehead atoms. The van der Waals surface area contributed by atoms with Crippen LogP contribution in [0, 0.1) is 6.92 Å². The van der Waals surface area contributed by atoms with Gasteiger partial charge in [0.15, 0.2) is 5.76 Å². The highest BCUT2D eigenvalue weighted by molar-refractivity contribution is 5.52. The zero-order valence-electron chi connectivity index (χ0n) is 8.29. The van der Waals surface area contributed by atoms with Crippen molar-refractivity contribution in [1.82, 2.24) is 15.5 Å². The molecule has 2 rings (SSSR count). The number of furan rings is 1. The summed E-state index contributed by atoms with van der Waals surface area (Å²) >= 11 is 0. The lowest BCUT2D eigenvalue weighted by atomic mass is 10.3. The van der Waals surface area contributed by atoms with Crippen LogP contribution in [0.1, 0.15) is 11.5 Å². The predicted molar refractivity (Wildman–Crippen MR) is 53.8 cm³/mol. The zero-order valence-corrected chi connectivity index (χ0v) is 8.29. The van der Waals surface area contributed by atoms with E-state index in [0.717, 1.165) is 29.5 Å². The molecule has 0 amide bonds. The highest BCUT2D eigenvalue weighted by atomic mass is 16.3. The highest BCUT2D eigenvalue weighted by Crippen LogP contribution is 2.19. The summed E-state index contributed by atoms with van der Waals surface area (Å²) in [6, 6.07) is 5.84. The summed E-state index contributed by atoms with van der Waals surface area (Å²) in [6.07, 6.45) is 0. The van der Waals surface area contributed by atoms with Crippen LogP contribution in [0.15, 0.2) is 22.6 Å². The Kier molecular flexibility index (Phi) is 2.37. The molecule has 4 nitrogen and oxygen atoms in total. The normalized spacial score (nSPS) is 10.7. The molecule has 0 aliphatic carbocycles. The fourth-order valence-electron chi connectivity index (χ4n) is 1.34. The van der Waals surface area contributed by atoms with E-state index in [2.05, 4.69) is 15.5 Å². The Balaban J connectivity index is 2.24. The first-order chi connectivity index (χ1) is 6.79. The van der Waals surface area contributed by atoms with Crippen LogP contribution in [0.5, 0.6) is 0 Å². The van der Waals surface area contributed by atoms with Gasteiger partial charge in [-0.3, -0.25) is 5.10 Å². The summed E-state index contributed by atoms with van der Waals surface area (Å²) < 4.78 is 5.46. The van der Waals surface area contributed by atoms with Crippen LogP contribution in [0.3, 0.4) is 0 Å². The molecule has 0 unspecified atom stereocenters. The number of rotatable bonds is 3. The Morgan fingerprint density at radius 2 is 2.36 bits per heavy atom. The van der Waals surface area contributed by atoms with Gasteiger partial charge in [0.1, 0.15) is 11.5 Å². The average molecular weight is 191 g/mol. The molecule has 0 aliphatic heterocycles. The number of aryl methyl sites for hydroxylation is 1. The molecule has 0 spiro atoms. The maximum atomic E-state index is 5.46. The number of nitrogens with zero attached hydrogens (tertiary/aromatic N) is 1. The third-order valence-electron chi connectivity index (χ3n) is 1.99. The lowest BCUT2D eigenvalue weighted by Gasteiger charge is -1.90. The van der Waals surface area contributed by atoms with Gasteiger partial charge in [0.2, 0.25) is 0 Å². The quantitative estimate of drug-likeness (QED) is 0.776. The van der Waals surface area contributed by atoms with Crippen LogP contribution in [-0.2, 0) is 6.54 Å². The van der Waals surface area contributed by atoms with Crippen LogP contribution >= 0.6 is 0 Å². The number of hydrogen-bond acceptors (Lipinski definition) is 3. The molecule has 0 atom stereocenters. The van der Waals surface area contributed by atoms with Crippen molar-refractivity contribution in [2.75, 3.05) is 7.05 Å². The van der Waals surface area contributed by atoms with Crippen LogP contribution in [-0.4, -0.2) is 17.2 Å². The van der Waals surface area contributed by atoms with Gasteiger partial charge in [-0.2, -0.15) is 5.10 Å². The SMILES string of the molecule is CNCc1cc(-c2ccc(C)o2)n[nH]1. The number of H-pyrrole nitrogens is 1. The molecule has 74 valence electrons. The van der Waals surface area contributed by atoms with Gasteiger partial charge in [0, 0.05) is 12.2 Å². The van der Waals surface area contributed by atoms with Crippen molar-refractivity contribution in [2.45, 2.75) is 13.5 Å². The molecule has 0 fully saturated rings. The van der Waals surface area contributed by atoms with Crippen molar-refractivity contribution >= 4 is 0 Å². The second-order valence-corrected chi connectivity index (χ2v) is 3.22. The molecule has 14 heavy (non-hydrogen) atoms. The summed E-state index contributed by atoms with van der Waals surface area (Å²) in [4.78, 5) is 0. The zero-order chi connectivity index (χ0) is 9.97. The van der Waals surface area contributed by atoms with Gasteiger partial charge in [-0.25, -0.2) is 0 Å². The topological polar surface area (TPSA) is 53.9 Å². The molecule has 0 saturated carbocycles. The molecule has 2 N–H and O–H groups in total. The standard InChI is InChI=1S/C10H13N3O/c1-7-3-4-10(14-7)9-5-8(6-11-2)12-13-9/h3-5,11H,6H2,1-2H3,(H,12,13). The molecule has 2 heterocycles. The first-order valence-electron chi connectivity index (χ1n) is 4.55. The second kappa shape index (κ2) is 3.67. The van der Waals surface area contributed by atoms with Gasteiger partial charge in [-0.15, -0.1) is 0 Å². The van der Waals surface area contributed by atoms with Crippen LogP contribution in [0.4, 0.5) is 0 Å². The molecular formula is C10H13N3O. The summed E-state index contributed by atoms with van der Waals surface area (Å²) in [6.45, 7) is 2.71. The van der Waals surface area contributed by atoms with E-state index in [4.69, 9.17) is 4.42 Å². The predicted octanol–water partition coefficient (Wildman–Crippen LogP) is 1.70. The monoisotopic (exact) mass is 191 g/mol. The smallest absolute Gasteiger partial charge is 0.154 e. The third kappa shape index (κ3) is 1.70. The summed E-state index contributed by atoms with van der Waals surface area (Å²) in [5, 5.41) is 10.2. The Hall–Kier alpha value is -1.55. The maximum Gasteiger partial charge on any atom is 0.154 e. The van der Waals surface area contributed by atoms with Gasteiger partial charge in [-0.1, -0.05) is 0 Å². The highest BCUT2D eigenvalue weighted by Gasteiger charge is 2.06. The minimum Gasteiger partial charge on any atom is -0.460 e. The number of hydrogen-bond donors (Lipinski definition) is 2. The minimum absolute atomic E-state index is 0.784. The molecule has 0 aliphatic rings. The molecule has 2 aromatic heterocycles. The molecule has 0 saturated heterocycles. The molecule has 0 aromatic carbocycles. The van der Waals surface area contributed by atoms with E-state index in [-0.39, 0.29) is 0 Å². The summed E-state index contributed by atoms with van der Waals surface area (Å²) in [5.41, 5.74) is 1.90.